The Morgan fingerprint density at radius 1 is 1.15 bits per heavy atom. The van der Waals surface area contributed by atoms with Crippen molar-refractivity contribution < 1.29 is 31.8 Å². The molecule has 3 rings (SSSR count). The predicted octanol–water partition coefficient (Wildman–Crippen LogP) is 2.80. The van der Waals surface area contributed by atoms with Crippen LogP contribution in [0, 0.1) is 11.6 Å². The number of aryl methyl sites for hydroxylation is 1. The molecule has 0 saturated carbocycles. The lowest BCUT2D eigenvalue weighted by Crippen LogP contribution is -2.50. The van der Waals surface area contributed by atoms with Gasteiger partial charge in [0.1, 0.15) is 11.6 Å². The normalized spacial score (nSPS) is 18.6. The SMILES string of the molecule is CCOC(=O)NC(Cc1cc(F)cc(F)c1)C(O)CNC1CS(=O)(=O)Cc2ccc(CC)cc21. The van der Waals surface area contributed by atoms with E-state index in [1.54, 1.807) is 6.92 Å². The van der Waals surface area contributed by atoms with Gasteiger partial charge in [-0.15, -0.1) is 0 Å². The van der Waals surface area contributed by atoms with E-state index in [0.29, 0.717) is 5.56 Å². The number of hydrogen-bond acceptors (Lipinski definition) is 6. The quantitative estimate of drug-likeness (QED) is 0.493. The molecule has 1 amide bonds. The van der Waals surface area contributed by atoms with E-state index < -0.39 is 45.8 Å². The van der Waals surface area contributed by atoms with Crippen LogP contribution in [-0.2, 0) is 33.2 Å². The number of nitrogens with one attached hydrogen (secondary N) is 2. The molecule has 0 saturated heterocycles. The maximum Gasteiger partial charge on any atom is 0.407 e. The van der Waals surface area contributed by atoms with Crippen LogP contribution >= 0.6 is 0 Å². The summed E-state index contributed by atoms with van der Waals surface area (Å²) in [6.07, 6.45) is -1.24. The fraction of sp³-hybridized carbons (Fsp3) is 0.458. The van der Waals surface area contributed by atoms with Crippen molar-refractivity contribution in [1.29, 1.82) is 0 Å². The molecule has 7 nitrogen and oxygen atoms in total. The van der Waals surface area contributed by atoms with E-state index in [0.717, 1.165) is 35.7 Å². The standard InChI is InChI=1S/C24H30F2N2O5S/c1-3-15-5-6-17-13-34(31,32)14-22(20(17)9-15)27-12-23(29)21(28-24(30)33-4-2)10-16-7-18(25)11-19(26)8-16/h5-9,11,21-23,27,29H,3-4,10,12-14H2,1-2H3,(H,28,30). The average molecular weight is 497 g/mol. The number of aliphatic hydroxyl groups excluding tert-OH is 1. The van der Waals surface area contributed by atoms with Crippen LogP contribution in [0.15, 0.2) is 36.4 Å². The van der Waals surface area contributed by atoms with Gasteiger partial charge >= 0.3 is 6.09 Å². The largest absolute Gasteiger partial charge is 0.450 e. The van der Waals surface area contributed by atoms with Crippen molar-refractivity contribution in [2.24, 2.45) is 0 Å². The second-order valence-electron chi connectivity index (χ2n) is 8.42. The zero-order valence-corrected chi connectivity index (χ0v) is 20.0. The summed E-state index contributed by atoms with van der Waals surface area (Å²) in [7, 11) is -3.33. The van der Waals surface area contributed by atoms with Gasteiger partial charge in [0.25, 0.3) is 0 Å². The summed E-state index contributed by atoms with van der Waals surface area (Å²) >= 11 is 0. The first-order chi connectivity index (χ1) is 16.1. The van der Waals surface area contributed by atoms with Crippen LogP contribution in [0.3, 0.4) is 0 Å². The predicted molar refractivity (Wildman–Crippen MR) is 124 cm³/mol. The topological polar surface area (TPSA) is 105 Å². The fourth-order valence-electron chi connectivity index (χ4n) is 4.12. The number of amides is 1. The number of sulfone groups is 1. The Balaban J connectivity index is 1.78. The molecule has 34 heavy (non-hydrogen) atoms. The zero-order chi connectivity index (χ0) is 24.9. The molecular formula is C24H30F2N2O5S. The molecular weight excluding hydrogens is 466 g/mol. The molecule has 3 unspecified atom stereocenters. The van der Waals surface area contributed by atoms with Crippen molar-refractivity contribution in [2.75, 3.05) is 18.9 Å². The number of alkyl carbamates (subject to hydrolysis) is 1. The summed E-state index contributed by atoms with van der Waals surface area (Å²) in [5, 5.41) is 16.5. The molecule has 1 heterocycles. The molecule has 0 aliphatic carbocycles. The van der Waals surface area contributed by atoms with Gasteiger partial charge in [-0.1, -0.05) is 25.1 Å². The first-order valence-corrected chi connectivity index (χ1v) is 13.0. The Morgan fingerprint density at radius 2 is 1.85 bits per heavy atom. The van der Waals surface area contributed by atoms with Gasteiger partial charge in [-0.25, -0.2) is 22.0 Å². The van der Waals surface area contributed by atoms with Gasteiger partial charge in [0.2, 0.25) is 0 Å². The number of rotatable bonds is 9. The van der Waals surface area contributed by atoms with Crippen molar-refractivity contribution in [2.45, 2.75) is 50.6 Å². The van der Waals surface area contributed by atoms with Gasteiger partial charge < -0.3 is 20.5 Å². The first-order valence-electron chi connectivity index (χ1n) is 11.2. The van der Waals surface area contributed by atoms with E-state index in [-0.39, 0.29) is 36.6 Å². The van der Waals surface area contributed by atoms with Gasteiger partial charge in [-0.05, 0) is 54.2 Å². The highest BCUT2D eigenvalue weighted by molar-refractivity contribution is 7.90. The number of carbonyl (C=O) groups excluding carboxylic acids is 1. The summed E-state index contributed by atoms with van der Waals surface area (Å²) in [5.41, 5.74) is 2.90. The van der Waals surface area contributed by atoms with Crippen LogP contribution in [0.5, 0.6) is 0 Å². The lowest BCUT2D eigenvalue weighted by atomic mass is 9.97. The Labute approximate surface area is 198 Å². The molecule has 0 radical (unpaired) electrons. The van der Waals surface area contributed by atoms with Crippen LogP contribution < -0.4 is 10.6 Å². The molecule has 0 spiro atoms. The average Bonchev–Trinajstić information content (AvgIpc) is 2.75. The maximum atomic E-state index is 13.6. The van der Waals surface area contributed by atoms with Crippen molar-refractivity contribution >= 4 is 15.9 Å². The number of carbonyl (C=O) groups is 1. The lowest BCUT2D eigenvalue weighted by molar-refractivity contribution is 0.104. The highest BCUT2D eigenvalue weighted by atomic mass is 32.2. The minimum Gasteiger partial charge on any atom is -0.450 e. The fourth-order valence-corrected chi connectivity index (χ4v) is 5.78. The Kier molecular flexibility index (Phi) is 8.62. The molecule has 0 fully saturated rings. The highest BCUT2D eigenvalue weighted by Crippen LogP contribution is 2.29. The van der Waals surface area contributed by atoms with Gasteiger partial charge in [0.15, 0.2) is 9.84 Å². The summed E-state index contributed by atoms with van der Waals surface area (Å²) in [6, 6.07) is 7.21. The molecule has 2 aromatic carbocycles. The molecule has 1 aliphatic heterocycles. The van der Waals surface area contributed by atoms with Gasteiger partial charge in [0, 0.05) is 18.7 Å². The number of aliphatic hydroxyl groups is 1. The summed E-state index contributed by atoms with van der Waals surface area (Å²) in [5.74, 6) is -1.70. The molecule has 3 atom stereocenters. The third-order valence-electron chi connectivity index (χ3n) is 5.78. The summed E-state index contributed by atoms with van der Waals surface area (Å²) in [6.45, 7) is 3.68. The maximum absolute atomic E-state index is 13.6. The minimum absolute atomic E-state index is 0.0365. The Bertz CT molecular complexity index is 1110. The summed E-state index contributed by atoms with van der Waals surface area (Å²) < 4.78 is 57.0. The number of hydrogen-bond donors (Lipinski definition) is 3. The van der Waals surface area contributed by atoms with Crippen molar-refractivity contribution in [3.63, 3.8) is 0 Å². The molecule has 0 aromatic heterocycles. The van der Waals surface area contributed by atoms with Crippen LogP contribution in [-0.4, -0.2) is 50.7 Å². The molecule has 1 aliphatic rings. The van der Waals surface area contributed by atoms with Gasteiger partial charge in [-0.3, -0.25) is 0 Å². The van der Waals surface area contributed by atoms with Crippen LogP contribution in [0.4, 0.5) is 13.6 Å². The van der Waals surface area contributed by atoms with Crippen LogP contribution in [0.25, 0.3) is 0 Å². The van der Waals surface area contributed by atoms with Crippen molar-refractivity contribution in [1.82, 2.24) is 10.6 Å². The zero-order valence-electron chi connectivity index (χ0n) is 19.2. The van der Waals surface area contributed by atoms with E-state index in [1.165, 1.54) is 0 Å². The van der Waals surface area contributed by atoms with Gasteiger partial charge in [-0.2, -0.15) is 0 Å². The number of halogens is 2. The van der Waals surface area contributed by atoms with E-state index in [9.17, 15) is 27.1 Å². The second-order valence-corrected chi connectivity index (χ2v) is 10.5. The lowest BCUT2D eigenvalue weighted by Gasteiger charge is -2.30. The molecule has 0 bridgehead atoms. The number of benzene rings is 2. The van der Waals surface area contributed by atoms with Gasteiger partial charge in [0.05, 0.1) is 30.3 Å². The Morgan fingerprint density at radius 3 is 2.50 bits per heavy atom. The summed E-state index contributed by atoms with van der Waals surface area (Å²) in [4.78, 5) is 12.0. The third kappa shape index (κ3) is 6.97. The molecule has 186 valence electrons. The van der Waals surface area contributed by atoms with E-state index >= 15 is 0 Å². The van der Waals surface area contributed by atoms with E-state index in [2.05, 4.69) is 10.6 Å². The van der Waals surface area contributed by atoms with Crippen molar-refractivity contribution in [3.05, 3.63) is 70.3 Å². The minimum atomic E-state index is -3.33. The first kappa shape index (κ1) is 26.1. The van der Waals surface area contributed by atoms with Crippen molar-refractivity contribution in [3.8, 4) is 0 Å². The molecule has 10 heteroatoms. The third-order valence-corrected chi connectivity index (χ3v) is 7.38. The number of ether oxygens (including phenoxy) is 1. The van der Waals surface area contributed by atoms with E-state index in [4.69, 9.17) is 4.74 Å². The monoisotopic (exact) mass is 496 g/mol. The van der Waals surface area contributed by atoms with E-state index in [1.807, 2.05) is 25.1 Å². The second kappa shape index (κ2) is 11.2. The number of fused-ring (bicyclic) bond motifs is 1. The molecule has 2 aromatic rings. The van der Waals surface area contributed by atoms with Crippen LogP contribution in [0.1, 0.15) is 42.1 Å². The van der Waals surface area contributed by atoms with Crippen LogP contribution in [0.2, 0.25) is 0 Å². The smallest absolute Gasteiger partial charge is 0.407 e. The highest BCUT2D eigenvalue weighted by Gasteiger charge is 2.31. The Hall–Kier alpha value is -2.56. The molecule has 3 N–H and O–H groups in total.